The van der Waals surface area contributed by atoms with Gasteiger partial charge in [0, 0.05) is 18.4 Å². The second-order valence-electron chi connectivity index (χ2n) is 10.0. The van der Waals surface area contributed by atoms with E-state index in [0.717, 1.165) is 33.4 Å². The minimum absolute atomic E-state index is 0.0774. The van der Waals surface area contributed by atoms with Gasteiger partial charge in [-0.05, 0) is 51.9 Å². The summed E-state index contributed by atoms with van der Waals surface area (Å²) in [6, 6.07) is 32.7. The summed E-state index contributed by atoms with van der Waals surface area (Å²) < 4.78 is 11.7. The SMILES string of the molecule is O=C(O)[C@@H]1[C@H](c2ccc(OCc3ccccc3)cc2)CCN1C(=O)OCC1c2ccccc2-c2ccccc21. The summed E-state index contributed by atoms with van der Waals surface area (Å²) in [4.78, 5) is 26.9. The average molecular weight is 520 g/mol. The van der Waals surface area contributed by atoms with Crippen LogP contribution in [0.3, 0.4) is 0 Å². The molecule has 6 rings (SSSR count). The zero-order valence-electron chi connectivity index (χ0n) is 21.4. The van der Waals surface area contributed by atoms with Crippen LogP contribution in [0, 0.1) is 0 Å². The molecular formula is C33H29NO5. The van der Waals surface area contributed by atoms with Crippen molar-refractivity contribution in [3.63, 3.8) is 0 Å². The highest BCUT2D eigenvalue weighted by Crippen LogP contribution is 2.44. The van der Waals surface area contributed by atoms with E-state index in [4.69, 9.17) is 9.47 Å². The Balaban J connectivity index is 1.13. The highest BCUT2D eigenvalue weighted by Gasteiger charge is 2.44. The summed E-state index contributed by atoms with van der Waals surface area (Å²) in [5, 5.41) is 10.1. The molecule has 39 heavy (non-hydrogen) atoms. The van der Waals surface area contributed by atoms with Crippen molar-refractivity contribution >= 4 is 12.1 Å². The molecule has 0 spiro atoms. The van der Waals surface area contributed by atoms with Crippen LogP contribution in [0.4, 0.5) is 4.79 Å². The maximum Gasteiger partial charge on any atom is 0.410 e. The van der Waals surface area contributed by atoms with Crippen molar-refractivity contribution in [1.82, 2.24) is 4.90 Å². The van der Waals surface area contributed by atoms with Crippen LogP contribution < -0.4 is 4.74 Å². The van der Waals surface area contributed by atoms with Crippen molar-refractivity contribution in [1.29, 1.82) is 0 Å². The monoisotopic (exact) mass is 519 g/mol. The molecule has 4 aromatic carbocycles. The van der Waals surface area contributed by atoms with Crippen LogP contribution in [0.25, 0.3) is 11.1 Å². The summed E-state index contributed by atoms with van der Waals surface area (Å²) in [5.41, 5.74) is 6.47. The van der Waals surface area contributed by atoms with Crippen molar-refractivity contribution < 1.29 is 24.2 Å². The van der Waals surface area contributed by atoms with E-state index in [9.17, 15) is 14.7 Å². The van der Waals surface area contributed by atoms with Gasteiger partial charge in [-0.3, -0.25) is 4.90 Å². The second-order valence-corrected chi connectivity index (χ2v) is 10.0. The first kappa shape index (κ1) is 24.7. The Hall–Kier alpha value is -4.58. The van der Waals surface area contributed by atoms with Crippen molar-refractivity contribution in [2.75, 3.05) is 13.2 Å². The van der Waals surface area contributed by atoms with Gasteiger partial charge < -0.3 is 14.6 Å². The van der Waals surface area contributed by atoms with Crippen molar-refractivity contribution in [2.24, 2.45) is 0 Å². The molecule has 1 heterocycles. The molecule has 6 heteroatoms. The predicted octanol–water partition coefficient (Wildman–Crippen LogP) is 6.46. The summed E-state index contributed by atoms with van der Waals surface area (Å²) in [7, 11) is 0. The Morgan fingerprint density at radius 2 is 1.41 bits per heavy atom. The second kappa shape index (κ2) is 10.7. The van der Waals surface area contributed by atoms with Gasteiger partial charge >= 0.3 is 12.1 Å². The minimum Gasteiger partial charge on any atom is -0.489 e. The summed E-state index contributed by atoms with van der Waals surface area (Å²) in [6.07, 6.45) is -0.0413. The fraction of sp³-hybridized carbons (Fsp3) is 0.212. The van der Waals surface area contributed by atoms with E-state index >= 15 is 0 Å². The van der Waals surface area contributed by atoms with Crippen molar-refractivity contribution in [3.8, 4) is 16.9 Å². The van der Waals surface area contributed by atoms with E-state index in [1.807, 2.05) is 78.9 Å². The zero-order chi connectivity index (χ0) is 26.8. The Bertz CT molecular complexity index is 1440. The van der Waals surface area contributed by atoms with Crippen molar-refractivity contribution in [2.45, 2.75) is 30.9 Å². The van der Waals surface area contributed by atoms with Crippen LogP contribution in [0.2, 0.25) is 0 Å². The van der Waals surface area contributed by atoms with E-state index < -0.39 is 18.1 Å². The lowest BCUT2D eigenvalue weighted by Crippen LogP contribution is -2.43. The van der Waals surface area contributed by atoms with E-state index in [2.05, 4.69) is 24.3 Å². The van der Waals surface area contributed by atoms with E-state index in [1.54, 1.807) is 0 Å². The average Bonchev–Trinajstić information content (AvgIpc) is 3.56. The number of hydrogen-bond donors (Lipinski definition) is 1. The molecule has 6 nitrogen and oxygen atoms in total. The summed E-state index contributed by atoms with van der Waals surface area (Å²) >= 11 is 0. The van der Waals surface area contributed by atoms with Gasteiger partial charge in [0.2, 0.25) is 0 Å². The number of ether oxygens (including phenoxy) is 2. The molecule has 0 unspecified atom stereocenters. The van der Waals surface area contributed by atoms with Gasteiger partial charge in [-0.1, -0.05) is 91.0 Å². The molecule has 2 atom stereocenters. The largest absolute Gasteiger partial charge is 0.489 e. The number of carboxylic acids is 1. The predicted molar refractivity (Wildman–Crippen MR) is 148 cm³/mol. The van der Waals surface area contributed by atoms with Gasteiger partial charge in [0.15, 0.2) is 0 Å². The van der Waals surface area contributed by atoms with Gasteiger partial charge in [0.1, 0.15) is 25.0 Å². The number of hydrogen-bond acceptors (Lipinski definition) is 4. The summed E-state index contributed by atoms with van der Waals surface area (Å²) in [6.45, 7) is 0.940. The van der Waals surface area contributed by atoms with Crippen LogP contribution >= 0.6 is 0 Å². The maximum absolute atomic E-state index is 13.2. The Morgan fingerprint density at radius 1 is 0.795 bits per heavy atom. The summed E-state index contributed by atoms with van der Waals surface area (Å²) in [5.74, 6) is -0.728. The van der Waals surface area contributed by atoms with Crippen LogP contribution in [-0.4, -0.2) is 41.3 Å². The van der Waals surface area contributed by atoms with Crippen LogP contribution in [0.15, 0.2) is 103 Å². The van der Waals surface area contributed by atoms with Crippen LogP contribution in [0.5, 0.6) is 5.75 Å². The lowest BCUT2D eigenvalue weighted by atomic mass is 9.92. The number of benzene rings is 4. The molecule has 1 aliphatic heterocycles. The third-order valence-corrected chi connectivity index (χ3v) is 7.78. The van der Waals surface area contributed by atoms with Gasteiger partial charge in [0.25, 0.3) is 0 Å². The normalized spacial score (nSPS) is 17.9. The number of carboxylic acid groups (broad SMARTS) is 1. The smallest absolute Gasteiger partial charge is 0.410 e. The Kier molecular flexibility index (Phi) is 6.76. The number of carbonyl (C=O) groups is 2. The standard InChI is InChI=1S/C33H29NO5/c35-32(36)31-25(23-14-16-24(17-15-23)38-20-22-8-2-1-3-9-22)18-19-34(31)33(37)39-21-30-28-12-6-4-10-26(28)27-11-5-7-13-29(27)30/h1-17,25,30-31H,18-21H2,(H,35,36)/t25-,31-/m0/s1. The van der Waals surface area contributed by atoms with Crippen molar-refractivity contribution in [3.05, 3.63) is 125 Å². The molecule has 1 saturated heterocycles. The molecule has 0 radical (unpaired) electrons. The quantitative estimate of drug-likeness (QED) is 0.303. The van der Waals surface area contributed by atoms with Gasteiger partial charge in [-0.2, -0.15) is 0 Å². The van der Waals surface area contributed by atoms with Crippen LogP contribution in [-0.2, 0) is 16.1 Å². The number of fused-ring (bicyclic) bond motifs is 3. The fourth-order valence-electron chi connectivity index (χ4n) is 5.88. The highest BCUT2D eigenvalue weighted by molar-refractivity contribution is 5.83. The number of aliphatic carboxylic acids is 1. The third kappa shape index (κ3) is 4.86. The number of nitrogens with zero attached hydrogens (tertiary/aromatic N) is 1. The fourth-order valence-corrected chi connectivity index (χ4v) is 5.88. The highest BCUT2D eigenvalue weighted by atomic mass is 16.6. The Labute approximate surface area is 227 Å². The maximum atomic E-state index is 13.2. The molecule has 1 N–H and O–H groups in total. The number of carbonyl (C=O) groups excluding carboxylic acids is 1. The first-order valence-electron chi connectivity index (χ1n) is 13.2. The topological polar surface area (TPSA) is 76.1 Å². The first-order chi connectivity index (χ1) is 19.1. The van der Waals surface area contributed by atoms with E-state index in [-0.39, 0.29) is 18.4 Å². The number of amides is 1. The molecule has 0 aromatic heterocycles. The lowest BCUT2D eigenvalue weighted by molar-refractivity contribution is -0.142. The third-order valence-electron chi connectivity index (χ3n) is 7.78. The molecule has 196 valence electrons. The molecule has 1 amide bonds. The first-order valence-corrected chi connectivity index (χ1v) is 13.2. The van der Waals surface area contributed by atoms with Gasteiger partial charge in [0.05, 0.1) is 0 Å². The zero-order valence-corrected chi connectivity index (χ0v) is 21.4. The lowest BCUT2D eigenvalue weighted by Gasteiger charge is -2.25. The van der Waals surface area contributed by atoms with E-state index in [0.29, 0.717) is 25.3 Å². The van der Waals surface area contributed by atoms with Gasteiger partial charge in [-0.15, -0.1) is 0 Å². The minimum atomic E-state index is -1.03. The molecule has 1 aliphatic carbocycles. The van der Waals surface area contributed by atoms with Gasteiger partial charge in [-0.25, -0.2) is 9.59 Å². The molecule has 4 aromatic rings. The molecule has 0 bridgehead atoms. The number of likely N-dealkylation sites (tertiary alicyclic amines) is 1. The Morgan fingerprint density at radius 3 is 2.05 bits per heavy atom. The molecular weight excluding hydrogens is 490 g/mol. The number of rotatable bonds is 7. The molecule has 2 aliphatic rings. The molecule has 1 fully saturated rings. The molecule has 0 saturated carbocycles. The van der Waals surface area contributed by atoms with Crippen LogP contribution in [0.1, 0.15) is 40.5 Å². The van der Waals surface area contributed by atoms with E-state index in [1.165, 1.54) is 4.90 Å².